The minimum absolute atomic E-state index is 0.0516. The Kier molecular flexibility index (Phi) is 1.63. The van der Waals surface area contributed by atoms with E-state index in [-0.39, 0.29) is 11.6 Å². The number of halogens is 3. The quantitative estimate of drug-likeness (QED) is 0.701. The van der Waals surface area contributed by atoms with E-state index < -0.39 is 11.7 Å². The molecule has 0 aliphatic carbocycles. The second-order valence-electron chi connectivity index (χ2n) is 2.69. The summed E-state index contributed by atoms with van der Waals surface area (Å²) in [6.07, 6.45) is -3.53. The maximum absolute atomic E-state index is 12.2. The van der Waals surface area contributed by atoms with Crippen LogP contribution in [0.25, 0.3) is 5.65 Å². The summed E-state index contributed by atoms with van der Waals surface area (Å²) >= 11 is 0. The molecule has 4 nitrogen and oxygen atoms in total. The van der Waals surface area contributed by atoms with Gasteiger partial charge in [0.2, 0.25) is 5.95 Å². The first-order valence-corrected chi connectivity index (χ1v) is 3.66. The maximum Gasteiger partial charge on any atom is 0.417 e. The van der Waals surface area contributed by atoms with Gasteiger partial charge >= 0.3 is 6.18 Å². The first kappa shape index (κ1) is 8.79. The second kappa shape index (κ2) is 2.60. The van der Waals surface area contributed by atoms with Crippen molar-refractivity contribution in [2.45, 2.75) is 6.18 Å². The highest BCUT2D eigenvalue weighted by Gasteiger charge is 2.31. The number of hydrogen-bond acceptors (Lipinski definition) is 3. The number of rotatable bonds is 0. The first-order valence-electron chi connectivity index (χ1n) is 3.66. The Hall–Kier alpha value is -1.79. The van der Waals surface area contributed by atoms with Crippen LogP contribution in [-0.4, -0.2) is 14.6 Å². The molecule has 14 heavy (non-hydrogen) atoms. The van der Waals surface area contributed by atoms with Crippen LogP contribution in [-0.2, 0) is 6.18 Å². The van der Waals surface area contributed by atoms with Crippen LogP contribution in [0.3, 0.4) is 0 Å². The fourth-order valence-electron chi connectivity index (χ4n) is 1.07. The van der Waals surface area contributed by atoms with E-state index in [0.717, 1.165) is 16.8 Å². The fourth-order valence-corrected chi connectivity index (χ4v) is 1.07. The Balaban J connectivity index is 2.62. The average Bonchev–Trinajstić information content (AvgIpc) is 2.41. The van der Waals surface area contributed by atoms with Crippen LogP contribution >= 0.6 is 0 Å². The monoisotopic (exact) mass is 202 g/mol. The lowest BCUT2D eigenvalue weighted by atomic mass is 10.3. The molecule has 0 atom stereocenters. The van der Waals surface area contributed by atoms with E-state index >= 15 is 0 Å². The Bertz CT molecular complexity index is 473. The van der Waals surface area contributed by atoms with Crippen molar-refractivity contribution in [3.8, 4) is 0 Å². The van der Waals surface area contributed by atoms with E-state index in [9.17, 15) is 13.2 Å². The highest BCUT2D eigenvalue weighted by Crippen LogP contribution is 2.28. The molecule has 0 fully saturated rings. The van der Waals surface area contributed by atoms with Gasteiger partial charge in [0.25, 0.3) is 0 Å². The van der Waals surface area contributed by atoms with E-state index in [1.54, 1.807) is 0 Å². The summed E-state index contributed by atoms with van der Waals surface area (Å²) in [5.74, 6) is -0.0516. The number of pyridine rings is 1. The fraction of sp³-hybridized carbons (Fsp3) is 0.143. The Labute approximate surface area is 76.2 Å². The molecule has 0 amide bonds. The van der Waals surface area contributed by atoms with Crippen molar-refractivity contribution in [2.24, 2.45) is 0 Å². The van der Waals surface area contributed by atoms with Gasteiger partial charge in [-0.3, -0.25) is 0 Å². The highest BCUT2D eigenvalue weighted by atomic mass is 19.4. The lowest BCUT2D eigenvalue weighted by Crippen LogP contribution is -2.06. The summed E-state index contributed by atoms with van der Waals surface area (Å²) in [7, 11) is 0. The van der Waals surface area contributed by atoms with Gasteiger partial charge in [-0.25, -0.2) is 4.52 Å². The Morgan fingerprint density at radius 3 is 2.64 bits per heavy atom. The minimum Gasteiger partial charge on any atom is -0.366 e. The van der Waals surface area contributed by atoms with Gasteiger partial charge in [0.15, 0.2) is 5.65 Å². The van der Waals surface area contributed by atoms with Gasteiger partial charge < -0.3 is 5.73 Å². The number of fused-ring (bicyclic) bond motifs is 1. The van der Waals surface area contributed by atoms with Crippen LogP contribution in [0.1, 0.15) is 5.56 Å². The first-order chi connectivity index (χ1) is 6.47. The van der Waals surface area contributed by atoms with Crippen LogP contribution in [0.15, 0.2) is 18.3 Å². The lowest BCUT2D eigenvalue weighted by Gasteiger charge is -2.05. The molecule has 2 aromatic heterocycles. The number of alkyl halides is 3. The van der Waals surface area contributed by atoms with E-state index in [1.807, 2.05) is 0 Å². The van der Waals surface area contributed by atoms with Gasteiger partial charge in [-0.05, 0) is 12.1 Å². The van der Waals surface area contributed by atoms with E-state index in [0.29, 0.717) is 0 Å². The zero-order chi connectivity index (χ0) is 10.3. The third kappa shape index (κ3) is 1.36. The highest BCUT2D eigenvalue weighted by molar-refractivity contribution is 5.42. The molecule has 0 spiro atoms. The Morgan fingerprint density at radius 2 is 2.00 bits per heavy atom. The number of anilines is 1. The average molecular weight is 202 g/mol. The summed E-state index contributed by atoms with van der Waals surface area (Å²) in [6.45, 7) is 0. The summed E-state index contributed by atoms with van der Waals surface area (Å²) in [5, 5.41) is 3.57. The van der Waals surface area contributed by atoms with Gasteiger partial charge in [0.05, 0.1) is 5.56 Å². The summed E-state index contributed by atoms with van der Waals surface area (Å²) in [5.41, 5.74) is 4.73. The lowest BCUT2D eigenvalue weighted by molar-refractivity contribution is -0.137. The smallest absolute Gasteiger partial charge is 0.366 e. The van der Waals surface area contributed by atoms with Gasteiger partial charge in [0.1, 0.15) is 0 Å². The number of nitrogens with zero attached hydrogens (tertiary/aromatic N) is 3. The Morgan fingerprint density at radius 1 is 1.29 bits per heavy atom. The number of nitrogens with two attached hydrogens (primary N) is 1. The molecule has 2 aromatic rings. The predicted molar refractivity (Wildman–Crippen MR) is 42.4 cm³/mol. The molecule has 0 aliphatic rings. The molecule has 0 saturated carbocycles. The standard InChI is InChI=1S/C7H5F3N4/c8-7(9,10)4-1-2-5-12-6(11)13-14(5)3-4/h1-3H,(H2,11,13). The number of nitrogen functional groups attached to an aromatic ring is 1. The van der Waals surface area contributed by atoms with Crippen molar-refractivity contribution in [2.75, 3.05) is 5.73 Å². The van der Waals surface area contributed by atoms with E-state index in [1.165, 1.54) is 6.07 Å². The van der Waals surface area contributed by atoms with E-state index in [4.69, 9.17) is 5.73 Å². The van der Waals surface area contributed by atoms with Gasteiger partial charge in [-0.1, -0.05) is 0 Å². The molecule has 0 unspecified atom stereocenters. The number of hydrogen-bond donors (Lipinski definition) is 1. The summed E-state index contributed by atoms with van der Waals surface area (Å²) in [6, 6.07) is 2.15. The predicted octanol–water partition coefficient (Wildman–Crippen LogP) is 1.33. The molecule has 0 radical (unpaired) electrons. The van der Waals surface area contributed by atoms with Crippen molar-refractivity contribution >= 4 is 11.6 Å². The SMILES string of the molecule is Nc1nc2ccc(C(F)(F)F)cn2n1. The van der Waals surface area contributed by atoms with Crippen LogP contribution < -0.4 is 5.73 Å². The molecular weight excluding hydrogens is 197 g/mol. The minimum atomic E-state index is -4.38. The normalized spacial score (nSPS) is 12.2. The summed E-state index contributed by atoms with van der Waals surface area (Å²) < 4.78 is 37.7. The van der Waals surface area contributed by atoms with Crippen LogP contribution in [0, 0.1) is 0 Å². The molecular formula is C7H5F3N4. The molecule has 2 N–H and O–H groups in total. The molecule has 7 heteroatoms. The second-order valence-corrected chi connectivity index (χ2v) is 2.69. The molecule has 2 heterocycles. The van der Waals surface area contributed by atoms with Crippen molar-refractivity contribution in [3.05, 3.63) is 23.9 Å². The zero-order valence-corrected chi connectivity index (χ0v) is 6.78. The van der Waals surface area contributed by atoms with Crippen LogP contribution in [0.5, 0.6) is 0 Å². The largest absolute Gasteiger partial charge is 0.417 e. The molecule has 2 rings (SSSR count). The zero-order valence-electron chi connectivity index (χ0n) is 6.78. The topological polar surface area (TPSA) is 56.2 Å². The third-order valence-corrected chi connectivity index (χ3v) is 1.67. The van der Waals surface area contributed by atoms with E-state index in [2.05, 4.69) is 10.1 Å². The molecule has 0 bridgehead atoms. The van der Waals surface area contributed by atoms with Gasteiger partial charge in [0, 0.05) is 6.20 Å². The third-order valence-electron chi connectivity index (χ3n) is 1.67. The van der Waals surface area contributed by atoms with Crippen molar-refractivity contribution in [1.29, 1.82) is 0 Å². The molecule has 74 valence electrons. The maximum atomic E-state index is 12.2. The van der Waals surface area contributed by atoms with Crippen LogP contribution in [0.4, 0.5) is 19.1 Å². The van der Waals surface area contributed by atoms with Crippen molar-refractivity contribution in [3.63, 3.8) is 0 Å². The molecule has 0 aliphatic heterocycles. The van der Waals surface area contributed by atoms with Crippen molar-refractivity contribution in [1.82, 2.24) is 14.6 Å². The molecule has 0 saturated heterocycles. The molecule has 0 aromatic carbocycles. The van der Waals surface area contributed by atoms with Crippen molar-refractivity contribution < 1.29 is 13.2 Å². The van der Waals surface area contributed by atoms with Crippen LogP contribution in [0.2, 0.25) is 0 Å². The van der Waals surface area contributed by atoms with Gasteiger partial charge in [-0.2, -0.15) is 18.2 Å². The summed E-state index contributed by atoms with van der Waals surface area (Å²) in [4.78, 5) is 3.70. The number of aromatic nitrogens is 3. The van der Waals surface area contributed by atoms with Gasteiger partial charge in [-0.15, -0.1) is 5.10 Å².